The molecule has 0 amide bonds. The highest BCUT2D eigenvalue weighted by Gasteiger charge is 2.06. The summed E-state index contributed by atoms with van der Waals surface area (Å²) in [5, 5.41) is 9.67. The summed E-state index contributed by atoms with van der Waals surface area (Å²) in [6, 6.07) is 4.08. The van der Waals surface area contributed by atoms with E-state index in [9.17, 15) is 9.50 Å². The van der Waals surface area contributed by atoms with E-state index in [4.69, 9.17) is 16.3 Å². The highest BCUT2D eigenvalue weighted by molar-refractivity contribution is 6.31. The van der Waals surface area contributed by atoms with Crippen molar-refractivity contribution in [2.75, 3.05) is 7.11 Å². The first-order chi connectivity index (χ1) is 9.11. The monoisotopic (exact) mass is 280 g/mol. The Bertz CT molecular complexity index is 632. The Morgan fingerprint density at radius 3 is 2.89 bits per heavy atom. The predicted octanol–water partition coefficient (Wildman–Crippen LogP) is 3.34. The molecule has 1 heterocycles. The van der Waals surface area contributed by atoms with Gasteiger partial charge in [-0.15, -0.1) is 0 Å². The number of pyridine rings is 1. The molecular weight excluding hydrogens is 271 g/mol. The lowest BCUT2D eigenvalue weighted by Gasteiger charge is -2.05. The Labute approximate surface area is 114 Å². The fourth-order valence-corrected chi connectivity index (χ4v) is 1.61. The van der Waals surface area contributed by atoms with Gasteiger partial charge in [0.1, 0.15) is 17.3 Å². The first kappa shape index (κ1) is 13.3. The van der Waals surface area contributed by atoms with Gasteiger partial charge in [-0.05, 0) is 18.2 Å². The van der Waals surface area contributed by atoms with Crippen LogP contribution in [0.25, 0.3) is 0 Å². The summed E-state index contributed by atoms with van der Waals surface area (Å²) in [6.07, 6.45) is 4.14. The third-order valence-corrected chi connectivity index (χ3v) is 2.69. The first-order valence-electron chi connectivity index (χ1n) is 5.32. The van der Waals surface area contributed by atoms with Crippen molar-refractivity contribution in [3.8, 4) is 11.5 Å². The number of aromatic hydroxyl groups is 1. The summed E-state index contributed by atoms with van der Waals surface area (Å²) in [7, 11) is 1.46. The van der Waals surface area contributed by atoms with Gasteiger partial charge in [0.25, 0.3) is 0 Å². The number of ether oxygens (including phenoxy) is 1. The molecule has 0 saturated heterocycles. The van der Waals surface area contributed by atoms with Crippen molar-refractivity contribution < 1.29 is 14.2 Å². The molecule has 6 heteroatoms. The zero-order valence-electron chi connectivity index (χ0n) is 9.97. The number of hydrogen-bond donors (Lipinski definition) is 1. The minimum Gasteiger partial charge on any atom is -0.506 e. The van der Waals surface area contributed by atoms with Crippen molar-refractivity contribution in [1.29, 1.82) is 0 Å². The Kier molecular flexibility index (Phi) is 3.97. The molecule has 2 aromatic rings. The Balaban J connectivity index is 2.35. The van der Waals surface area contributed by atoms with E-state index in [1.165, 1.54) is 43.9 Å². The molecule has 0 spiro atoms. The maximum Gasteiger partial charge on any atom is 0.149 e. The fraction of sp³-hybridized carbons (Fsp3) is 0.0769. The van der Waals surface area contributed by atoms with Crippen LogP contribution >= 0.6 is 11.6 Å². The molecule has 98 valence electrons. The molecule has 1 N–H and O–H groups in total. The van der Waals surface area contributed by atoms with Crippen LogP contribution in [0.1, 0.15) is 5.56 Å². The molecule has 0 aliphatic heterocycles. The van der Waals surface area contributed by atoms with Crippen LogP contribution in [0, 0.1) is 5.82 Å². The fourth-order valence-electron chi connectivity index (χ4n) is 1.44. The summed E-state index contributed by atoms with van der Waals surface area (Å²) in [6.45, 7) is 0. The van der Waals surface area contributed by atoms with Crippen molar-refractivity contribution in [2.45, 2.75) is 0 Å². The van der Waals surface area contributed by atoms with E-state index in [-0.39, 0.29) is 10.8 Å². The van der Waals surface area contributed by atoms with Crippen molar-refractivity contribution >= 4 is 23.5 Å². The first-order valence-corrected chi connectivity index (χ1v) is 5.69. The van der Waals surface area contributed by atoms with Crippen LogP contribution in [-0.2, 0) is 0 Å². The molecule has 0 atom stereocenters. The second-order valence-corrected chi connectivity index (χ2v) is 4.04. The van der Waals surface area contributed by atoms with Gasteiger partial charge in [0.15, 0.2) is 0 Å². The highest BCUT2D eigenvalue weighted by Crippen LogP contribution is 2.26. The minimum atomic E-state index is -0.509. The van der Waals surface area contributed by atoms with Crippen LogP contribution in [0.5, 0.6) is 11.5 Å². The van der Waals surface area contributed by atoms with Gasteiger partial charge in [0.2, 0.25) is 0 Å². The zero-order valence-corrected chi connectivity index (χ0v) is 10.7. The highest BCUT2D eigenvalue weighted by atomic mass is 35.5. The lowest BCUT2D eigenvalue weighted by molar-refractivity contribution is 0.403. The van der Waals surface area contributed by atoms with Crippen LogP contribution in [0.3, 0.4) is 0 Å². The van der Waals surface area contributed by atoms with Gasteiger partial charge in [0, 0.05) is 6.21 Å². The van der Waals surface area contributed by atoms with Gasteiger partial charge in [-0.25, -0.2) is 4.39 Å². The van der Waals surface area contributed by atoms with Crippen molar-refractivity contribution in [2.24, 2.45) is 4.99 Å². The van der Waals surface area contributed by atoms with Crippen molar-refractivity contribution in [3.05, 3.63) is 47.0 Å². The van der Waals surface area contributed by atoms with Crippen LogP contribution < -0.4 is 4.74 Å². The molecule has 4 nitrogen and oxygen atoms in total. The van der Waals surface area contributed by atoms with Crippen LogP contribution in [0.2, 0.25) is 5.02 Å². The molecule has 1 aromatic heterocycles. The maximum atomic E-state index is 13.0. The lowest BCUT2D eigenvalue weighted by Crippen LogP contribution is -1.92. The Morgan fingerprint density at radius 1 is 1.42 bits per heavy atom. The molecule has 0 bridgehead atoms. The lowest BCUT2D eigenvalue weighted by atomic mass is 10.2. The van der Waals surface area contributed by atoms with Gasteiger partial charge in [-0.1, -0.05) is 11.6 Å². The molecule has 0 aliphatic carbocycles. The smallest absolute Gasteiger partial charge is 0.149 e. The van der Waals surface area contributed by atoms with E-state index in [0.29, 0.717) is 17.0 Å². The SMILES string of the molecule is COc1cncc(O)c1/C=N/c1ccc(F)c(Cl)c1. The molecule has 0 radical (unpaired) electrons. The molecule has 1 aromatic carbocycles. The molecule has 2 rings (SSSR count). The number of nitrogens with zero attached hydrogens (tertiary/aromatic N) is 2. The maximum absolute atomic E-state index is 13.0. The van der Waals surface area contributed by atoms with E-state index >= 15 is 0 Å². The van der Waals surface area contributed by atoms with E-state index in [2.05, 4.69) is 9.98 Å². The third-order valence-electron chi connectivity index (χ3n) is 2.40. The zero-order chi connectivity index (χ0) is 13.8. The molecule has 0 aliphatic rings. The van der Waals surface area contributed by atoms with E-state index in [1.54, 1.807) is 0 Å². The molecule has 0 saturated carbocycles. The minimum absolute atomic E-state index is 0.0134. The molecule has 0 unspecified atom stereocenters. The van der Waals surface area contributed by atoms with Crippen LogP contribution in [0.15, 0.2) is 35.6 Å². The van der Waals surface area contributed by atoms with Gasteiger partial charge in [-0.3, -0.25) is 9.98 Å². The van der Waals surface area contributed by atoms with E-state index in [0.717, 1.165) is 0 Å². The van der Waals surface area contributed by atoms with E-state index < -0.39 is 5.82 Å². The van der Waals surface area contributed by atoms with Crippen LogP contribution in [0.4, 0.5) is 10.1 Å². The summed E-state index contributed by atoms with van der Waals surface area (Å²) in [4.78, 5) is 7.89. The summed E-state index contributed by atoms with van der Waals surface area (Å²) < 4.78 is 18.1. The largest absolute Gasteiger partial charge is 0.506 e. The van der Waals surface area contributed by atoms with Gasteiger partial charge < -0.3 is 9.84 Å². The van der Waals surface area contributed by atoms with Crippen molar-refractivity contribution in [1.82, 2.24) is 4.98 Å². The topological polar surface area (TPSA) is 54.7 Å². The third kappa shape index (κ3) is 3.00. The van der Waals surface area contributed by atoms with E-state index in [1.807, 2.05) is 0 Å². The summed E-state index contributed by atoms with van der Waals surface area (Å²) >= 11 is 5.65. The van der Waals surface area contributed by atoms with Gasteiger partial charge >= 0.3 is 0 Å². The van der Waals surface area contributed by atoms with Crippen molar-refractivity contribution in [3.63, 3.8) is 0 Å². The van der Waals surface area contributed by atoms with Crippen LogP contribution in [-0.4, -0.2) is 23.4 Å². The number of aromatic nitrogens is 1. The number of methoxy groups -OCH3 is 1. The molecule has 19 heavy (non-hydrogen) atoms. The Hall–Kier alpha value is -2.14. The standard InChI is InChI=1S/C13H10ClFN2O2/c1-19-13-7-16-6-12(18)9(13)5-17-8-2-3-11(15)10(14)4-8/h2-7,18H,1H3/b17-5+. The number of hydrogen-bond acceptors (Lipinski definition) is 4. The predicted molar refractivity (Wildman–Crippen MR) is 71.1 cm³/mol. The average molecular weight is 281 g/mol. The number of rotatable bonds is 3. The quantitative estimate of drug-likeness (QED) is 0.877. The van der Waals surface area contributed by atoms with Gasteiger partial charge in [-0.2, -0.15) is 0 Å². The number of benzene rings is 1. The molecular formula is C13H10ClFN2O2. The normalized spacial score (nSPS) is 10.9. The second-order valence-electron chi connectivity index (χ2n) is 3.63. The molecule has 0 fully saturated rings. The summed E-state index contributed by atoms with van der Waals surface area (Å²) in [5.41, 5.74) is 0.850. The Morgan fingerprint density at radius 2 is 2.21 bits per heavy atom. The second kappa shape index (κ2) is 5.67. The summed E-state index contributed by atoms with van der Waals surface area (Å²) in [5.74, 6) is -0.182. The number of halogens is 2. The van der Waals surface area contributed by atoms with Gasteiger partial charge in [0.05, 0.1) is 35.8 Å². The average Bonchev–Trinajstić information content (AvgIpc) is 2.41. The number of aliphatic imine (C=N–C) groups is 1.